The van der Waals surface area contributed by atoms with Crippen LogP contribution in [0.15, 0.2) is 48.5 Å². The summed E-state index contributed by atoms with van der Waals surface area (Å²) in [4.78, 5) is 0. The van der Waals surface area contributed by atoms with E-state index in [9.17, 15) is 0 Å². The Labute approximate surface area is 143 Å². The zero-order chi connectivity index (χ0) is 16.0. The number of ether oxygens (including phenoxy) is 1. The molecule has 122 valence electrons. The Kier molecular flexibility index (Phi) is 3.19. The molecule has 0 unspecified atom stereocenters. The van der Waals surface area contributed by atoms with Gasteiger partial charge in [0.1, 0.15) is 11.3 Å². The highest BCUT2D eigenvalue weighted by Gasteiger charge is 2.52. The molecule has 0 amide bonds. The van der Waals surface area contributed by atoms with E-state index in [1.165, 1.54) is 41.5 Å². The zero-order valence-corrected chi connectivity index (χ0v) is 13.9. The number of hydrogen-bond donors (Lipinski definition) is 1. The summed E-state index contributed by atoms with van der Waals surface area (Å²) >= 11 is 0. The van der Waals surface area contributed by atoms with E-state index in [0.29, 0.717) is 0 Å². The highest BCUT2D eigenvalue weighted by molar-refractivity contribution is 5.77. The van der Waals surface area contributed by atoms with Gasteiger partial charge >= 0.3 is 0 Å². The van der Waals surface area contributed by atoms with Gasteiger partial charge in [0.25, 0.3) is 0 Å². The minimum atomic E-state index is -0.381. The molecule has 1 N–H and O–H groups in total. The van der Waals surface area contributed by atoms with Gasteiger partial charge in [0.2, 0.25) is 0 Å². The van der Waals surface area contributed by atoms with Crippen molar-refractivity contribution in [3.05, 3.63) is 70.8 Å². The van der Waals surface area contributed by atoms with Crippen molar-refractivity contribution in [3.8, 4) is 0 Å². The lowest BCUT2D eigenvalue weighted by atomic mass is 9.83. The van der Waals surface area contributed by atoms with E-state index in [-0.39, 0.29) is 11.3 Å². The van der Waals surface area contributed by atoms with Gasteiger partial charge in [-0.1, -0.05) is 67.1 Å². The average molecular weight is 317 g/mol. The molecule has 0 atom stereocenters. The van der Waals surface area contributed by atoms with E-state index in [1.54, 1.807) is 0 Å². The van der Waals surface area contributed by atoms with Crippen molar-refractivity contribution in [1.29, 1.82) is 0 Å². The number of benzene rings is 2. The summed E-state index contributed by atoms with van der Waals surface area (Å²) in [5.74, 6) is 0. The second kappa shape index (κ2) is 5.30. The van der Waals surface area contributed by atoms with Gasteiger partial charge < -0.3 is 4.74 Å². The zero-order valence-electron chi connectivity index (χ0n) is 13.9. The Hall–Kier alpha value is -1.90. The smallest absolute Gasteiger partial charge is 0.134 e. The van der Waals surface area contributed by atoms with Crippen LogP contribution in [0.1, 0.15) is 54.4 Å². The minimum Gasteiger partial charge on any atom is -0.343 e. The average Bonchev–Trinajstić information content (AvgIpc) is 2.94. The third-order valence-corrected chi connectivity index (χ3v) is 5.92. The SMILES string of the molecule is C1=Cc2ccccc2C2(CNC3(CCCCC3)O2)c2ccccc21. The van der Waals surface area contributed by atoms with E-state index in [1.807, 2.05) is 0 Å². The van der Waals surface area contributed by atoms with Crippen LogP contribution in [0.5, 0.6) is 0 Å². The summed E-state index contributed by atoms with van der Waals surface area (Å²) in [7, 11) is 0. The van der Waals surface area contributed by atoms with Crippen molar-refractivity contribution in [1.82, 2.24) is 5.32 Å². The molecule has 2 spiro atoms. The molecule has 1 saturated carbocycles. The third kappa shape index (κ3) is 2.03. The van der Waals surface area contributed by atoms with Gasteiger partial charge in [-0.25, -0.2) is 0 Å². The first-order chi connectivity index (χ1) is 11.8. The lowest BCUT2D eigenvalue weighted by molar-refractivity contribution is -0.110. The van der Waals surface area contributed by atoms with Crippen LogP contribution >= 0.6 is 0 Å². The van der Waals surface area contributed by atoms with Crippen LogP contribution in [0.3, 0.4) is 0 Å². The van der Waals surface area contributed by atoms with Crippen LogP contribution in [-0.4, -0.2) is 12.3 Å². The summed E-state index contributed by atoms with van der Waals surface area (Å²) in [6.45, 7) is 0.850. The predicted molar refractivity (Wildman–Crippen MR) is 97.5 cm³/mol. The van der Waals surface area contributed by atoms with Crippen molar-refractivity contribution in [2.75, 3.05) is 6.54 Å². The quantitative estimate of drug-likeness (QED) is 0.761. The first kappa shape index (κ1) is 14.4. The molecule has 2 nitrogen and oxygen atoms in total. The Morgan fingerprint density at radius 3 is 1.96 bits per heavy atom. The van der Waals surface area contributed by atoms with E-state index >= 15 is 0 Å². The highest BCUT2D eigenvalue weighted by atomic mass is 16.6. The van der Waals surface area contributed by atoms with Crippen molar-refractivity contribution in [2.45, 2.75) is 43.4 Å². The molecule has 1 saturated heterocycles. The molecule has 2 heteroatoms. The summed E-state index contributed by atoms with van der Waals surface area (Å²) < 4.78 is 7.00. The molecule has 1 heterocycles. The fraction of sp³-hybridized carbons (Fsp3) is 0.364. The standard InChI is InChI=1S/C22H23NO/c1-6-14-21(15-7-1)23-16-22(24-21)19-10-4-2-8-17(19)12-13-18-9-3-5-11-20(18)22/h2-5,8-13,23H,1,6-7,14-16H2. The Morgan fingerprint density at radius 2 is 1.33 bits per heavy atom. The number of fused-ring (bicyclic) bond motifs is 4. The van der Waals surface area contributed by atoms with Gasteiger partial charge in [-0.15, -0.1) is 0 Å². The fourth-order valence-electron chi connectivity index (χ4n) is 4.74. The molecule has 5 rings (SSSR count). The molecule has 24 heavy (non-hydrogen) atoms. The van der Waals surface area contributed by atoms with Gasteiger partial charge in [0.15, 0.2) is 0 Å². The molecule has 0 radical (unpaired) electrons. The van der Waals surface area contributed by atoms with Crippen LogP contribution in [0.4, 0.5) is 0 Å². The van der Waals surface area contributed by atoms with Crippen molar-refractivity contribution >= 4 is 12.2 Å². The minimum absolute atomic E-state index is 0.150. The second-order valence-corrected chi connectivity index (χ2v) is 7.35. The molecule has 0 aromatic heterocycles. The lowest BCUT2D eigenvalue weighted by Gasteiger charge is -2.37. The van der Waals surface area contributed by atoms with Gasteiger partial charge in [0, 0.05) is 6.54 Å². The van der Waals surface area contributed by atoms with Gasteiger partial charge in [-0.05, 0) is 47.9 Å². The first-order valence-corrected chi connectivity index (χ1v) is 9.14. The summed E-state index contributed by atoms with van der Waals surface area (Å²) in [5.41, 5.74) is 4.59. The molecule has 3 aliphatic rings. The third-order valence-electron chi connectivity index (χ3n) is 5.92. The largest absolute Gasteiger partial charge is 0.343 e. The maximum atomic E-state index is 7.00. The molecule has 2 fully saturated rings. The normalized spacial score (nSPS) is 23.0. The molecular formula is C22H23NO. The fourth-order valence-corrected chi connectivity index (χ4v) is 4.74. The van der Waals surface area contributed by atoms with E-state index in [0.717, 1.165) is 19.4 Å². The Balaban J connectivity index is 1.71. The van der Waals surface area contributed by atoms with E-state index in [4.69, 9.17) is 4.74 Å². The Morgan fingerprint density at radius 1 is 0.750 bits per heavy atom. The van der Waals surface area contributed by atoms with Crippen molar-refractivity contribution in [2.24, 2.45) is 0 Å². The Bertz CT molecular complexity index is 752. The van der Waals surface area contributed by atoms with Crippen LogP contribution in [0.25, 0.3) is 12.2 Å². The second-order valence-electron chi connectivity index (χ2n) is 7.35. The van der Waals surface area contributed by atoms with Crippen LogP contribution in [0.2, 0.25) is 0 Å². The number of hydrogen-bond acceptors (Lipinski definition) is 2. The monoisotopic (exact) mass is 317 g/mol. The molecule has 2 aromatic carbocycles. The summed E-state index contributed by atoms with van der Waals surface area (Å²) in [6, 6.07) is 17.4. The first-order valence-electron chi connectivity index (χ1n) is 9.14. The molecule has 2 aliphatic carbocycles. The molecule has 0 bridgehead atoms. The van der Waals surface area contributed by atoms with Gasteiger partial charge in [-0.3, -0.25) is 5.32 Å². The lowest BCUT2D eigenvalue weighted by Crippen LogP contribution is -2.43. The summed E-state index contributed by atoms with van der Waals surface area (Å²) in [5, 5.41) is 3.79. The van der Waals surface area contributed by atoms with Crippen LogP contribution < -0.4 is 5.32 Å². The maximum absolute atomic E-state index is 7.00. The van der Waals surface area contributed by atoms with E-state index < -0.39 is 0 Å². The predicted octanol–water partition coefficient (Wildman–Crippen LogP) is 4.69. The van der Waals surface area contributed by atoms with Crippen molar-refractivity contribution < 1.29 is 4.74 Å². The highest BCUT2D eigenvalue weighted by Crippen LogP contribution is 2.49. The van der Waals surface area contributed by atoms with Gasteiger partial charge in [-0.2, -0.15) is 0 Å². The van der Waals surface area contributed by atoms with Crippen LogP contribution in [-0.2, 0) is 10.3 Å². The number of rotatable bonds is 0. The van der Waals surface area contributed by atoms with Gasteiger partial charge in [0.05, 0.1) is 0 Å². The molecular weight excluding hydrogens is 294 g/mol. The van der Waals surface area contributed by atoms with E-state index in [2.05, 4.69) is 66.0 Å². The van der Waals surface area contributed by atoms with Crippen LogP contribution in [0, 0.1) is 0 Å². The number of nitrogens with one attached hydrogen (secondary N) is 1. The molecule has 1 aliphatic heterocycles. The summed E-state index contributed by atoms with van der Waals surface area (Å²) in [6.07, 6.45) is 10.5. The van der Waals surface area contributed by atoms with Crippen molar-refractivity contribution in [3.63, 3.8) is 0 Å². The maximum Gasteiger partial charge on any atom is 0.134 e. The topological polar surface area (TPSA) is 21.3 Å². The molecule has 2 aromatic rings.